The van der Waals surface area contributed by atoms with Crippen molar-refractivity contribution in [2.24, 2.45) is 0 Å². The molecule has 0 bridgehead atoms. The van der Waals surface area contributed by atoms with Gasteiger partial charge in [-0.2, -0.15) is 0 Å². The zero-order valence-corrected chi connectivity index (χ0v) is 11.3. The fraction of sp³-hybridized carbons (Fsp3) is 0.176. The van der Waals surface area contributed by atoms with E-state index in [0.29, 0.717) is 0 Å². The lowest BCUT2D eigenvalue weighted by Gasteiger charge is -2.06. The molecule has 3 heteroatoms. The van der Waals surface area contributed by atoms with Gasteiger partial charge in [0.15, 0.2) is 0 Å². The zero-order valence-electron chi connectivity index (χ0n) is 11.3. The standard InChI is InChI=1S/C17H17N3/c1-2-8-16-15(7-1)9-10-17(20-16)19-12-4-6-14-5-3-11-18-13-14/h1-3,5,7-11,13H,4,6,12H2,(H,19,20). The van der Waals surface area contributed by atoms with E-state index in [2.05, 4.69) is 33.5 Å². The Morgan fingerprint density at radius 2 is 1.90 bits per heavy atom. The van der Waals surface area contributed by atoms with Gasteiger partial charge in [-0.3, -0.25) is 4.98 Å². The van der Waals surface area contributed by atoms with Gasteiger partial charge < -0.3 is 5.32 Å². The van der Waals surface area contributed by atoms with Crippen LogP contribution in [0.5, 0.6) is 0 Å². The number of rotatable bonds is 5. The zero-order chi connectivity index (χ0) is 13.6. The highest BCUT2D eigenvalue weighted by atomic mass is 15.0. The number of aryl methyl sites for hydroxylation is 1. The first-order valence-electron chi connectivity index (χ1n) is 6.90. The minimum atomic E-state index is 0.917. The lowest BCUT2D eigenvalue weighted by molar-refractivity contribution is 0.855. The fourth-order valence-corrected chi connectivity index (χ4v) is 2.22. The molecule has 0 aliphatic rings. The third-order valence-corrected chi connectivity index (χ3v) is 3.27. The normalized spacial score (nSPS) is 10.6. The summed E-state index contributed by atoms with van der Waals surface area (Å²) in [7, 11) is 0. The lowest BCUT2D eigenvalue weighted by Crippen LogP contribution is -2.04. The van der Waals surface area contributed by atoms with Crippen LogP contribution in [0.4, 0.5) is 5.82 Å². The second-order valence-corrected chi connectivity index (χ2v) is 4.78. The minimum Gasteiger partial charge on any atom is -0.370 e. The Hall–Kier alpha value is -2.42. The van der Waals surface area contributed by atoms with Crippen LogP contribution in [0.15, 0.2) is 60.9 Å². The monoisotopic (exact) mass is 263 g/mol. The molecule has 3 nitrogen and oxygen atoms in total. The Morgan fingerprint density at radius 3 is 2.80 bits per heavy atom. The van der Waals surface area contributed by atoms with Gasteiger partial charge in [-0.25, -0.2) is 4.98 Å². The van der Waals surface area contributed by atoms with E-state index in [-0.39, 0.29) is 0 Å². The first kappa shape index (κ1) is 12.6. The van der Waals surface area contributed by atoms with Crippen molar-refractivity contribution in [3.8, 4) is 0 Å². The summed E-state index contributed by atoms with van der Waals surface area (Å²) >= 11 is 0. The Balaban J connectivity index is 1.55. The van der Waals surface area contributed by atoms with E-state index >= 15 is 0 Å². The van der Waals surface area contributed by atoms with Crippen LogP contribution in [0.25, 0.3) is 10.9 Å². The van der Waals surface area contributed by atoms with Gasteiger partial charge in [-0.1, -0.05) is 24.3 Å². The molecule has 2 heterocycles. The number of hydrogen-bond acceptors (Lipinski definition) is 3. The van der Waals surface area contributed by atoms with Gasteiger partial charge in [0.25, 0.3) is 0 Å². The van der Waals surface area contributed by atoms with Crippen LogP contribution in [0.3, 0.4) is 0 Å². The van der Waals surface area contributed by atoms with Gasteiger partial charge in [-0.15, -0.1) is 0 Å². The number of benzene rings is 1. The molecular weight excluding hydrogens is 246 g/mol. The Labute approximate surface area is 118 Å². The molecule has 3 rings (SSSR count). The molecule has 0 aliphatic heterocycles. The van der Waals surface area contributed by atoms with E-state index in [0.717, 1.165) is 30.7 Å². The van der Waals surface area contributed by atoms with Crippen LogP contribution in [-0.4, -0.2) is 16.5 Å². The van der Waals surface area contributed by atoms with Crippen LogP contribution in [0.1, 0.15) is 12.0 Å². The number of para-hydroxylation sites is 1. The minimum absolute atomic E-state index is 0.917. The van der Waals surface area contributed by atoms with E-state index < -0.39 is 0 Å². The number of nitrogens with zero attached hydrogens (tertiary/aromatic N) is 2. The predicted molar refractivity (Wildman–Crippen MR) is 82.8 cm³/mol. The maximum Gasteiger partial charge on any atom is 0.126 e. The van der Waals surface area contributed by atoms with Crippen molar-refractivity contribution >= 4 is 16.7 Å². The molecule has 1 N–H and O–H groups in total. The van der Waals surface area contributed by atoms with E-state index in [4.69, 9.17) is 0 Å². The molecule has 0 atom stereocenters. The molecule has 0 spiro atoms. The molecule has 0 saturated heterocycles. The second kappa shape index (κ2) is 6.15. The number of pyridine rings is 2. The van der Waals surface area contributed by atoms with Crippen molar-refractivity contribution < 1.29 is 0 Å². The van der Waals surface area contributed by atoms with Crippen molar-refractivity contribution in [3.63, 3.8) is 0 Å². The largest absolute Gasteiger partial charge is 0.370 e. The summed E-state index contributed by atoms with van der Waals surface area (Å²) in [6, 6.07) is 16.4. The molecule has 20 heavy (non-hydrogen) atoms. The van der Waals surface area contributed by atoms with Crippen LogP contribution < -0.4 is 5.32 Å². The molecule has 3 aromatic rings. The second-order valence-electron chi connectivity index (χ2n) is 4.78. The third kappa shape index (κ3) is 3.12. The molecule has 100 valence electrons. The van der Waals surface area contributed by atoms with Crippen LogP contribution in [-0.2, 0) is 6.42 Å². The summed E-state index contributed by atoms with van der Waals surface area (Å²) in [5, 5.41) is 4.55. The highest BCUT2D eigenvalue weighted by Gasteiger charge is 1.97. The van der Waals surface area contributed by atoms with E-state index in [9.17, 15) is 0 Å². The van der Waals surface area contributed by atoms with Crippen molar-refractivity contribution in [1.82, 2.24) is 9.97 Å². The summed E-state index contributed by atoms with van der Waals surface area (Å²) in [4.78, 5) is 8.72. The molecule has 2 aromatic heterocycles. The first-order valence-corrected chi connectivity index (χ1v) is 6.90. The molecule has 0 fully saturated rings. The van der Waals surface area contributed by atoms with Gasteiger partial charge >= 0.3 is 0 Å². The first-order chi connectivity index (χ1) is 9.92. The molecule has 1 aromatic carbocycles. The van der Waals surface area contributed by atoms with Gasteiger partial charge in [0, 0.05) is 24.3 Å². The van der Waals surface area contributed by atoms with Gasteiger partial charge in [-0.05, 0) is 42.7 Å². The van der Waals surface area contributed by atoms with E-state index in [1.165, 1.54) is 10.9 Å². The Kier molecular flexibility index (Phi) is 3.88. The van der Waals surface area contributed by atoms with Crippen LogP contribution >= 0.6 is 0 Å². The Bertz CT molecular complexity index is 680. The summed E-state index contributed by atoms with van der Waals surface area (Å²) in [6.45, 7) is 0.917. The summed E-state index contributed by atoms with van der Waals surface area (Å²) < 4.78 is 0. The van der Waals surface area contributed by atoms with E-state index in [1.807, 2.05) is 36.5 Å². The number of nitrogens with one attached hydrogen (secondary N) is 1. The average Bonchev–Trinajstić information content (AvgIpc) is 2.52. The van der Waals surface area contributed by atoms with E-state index in [1.54, 1.807) is 6.20 Å². The van der Waals surface area contributed by atoms with Crippen LogP contribution in [0.2, 0.25) is 0 Å². The lowest BCUT2D eigenvalue weighted by atomic mass is 10.1. The highest BCUT2D eigenvalue weighted by Crippen LogP contribution is 2.14. The molecule has 0 aliphatic carbocycles. The van der Waals surface area contributed by atoms with Crippen molar-refractivity contribution in [3.05, 3.63) is 66.5 Å². The Morgan fingerprint density at radius 1 is 0.950 bits per heavy atom. The van der Waals surface area contributed by atoms with Crippen molar-refractivity contribution in [2.45, 2.75) is 12.8 Å². The molecule has 0 unspecified atom stereocenters. The maximum atomic E-state index is 4.60. The average molecular weight is 263 g/mol. The number of hydrogen-bond donors (Lipinski definition) is 1. The summed E-state index contributed by atoms with van der Waals surface area (Å²) in [6.07, 6.45) is 5.84. The molecule has 0 amide bonds. The van der Waals surface area contributed by atoms with Gasteiger partial charge in [0.1, 0.15) is 5.82 Å². The number of fused-ring (bicyclic) bond motifs is 1. The summed E-state index contributed by atoms with van der Waals surface area (Å²) in [5.74, 6) is 0.940. The predicted octanol–water partition coefficient (Wildman–Crippen LogP) is 3.67. The highest BCUT2D eigenvalue weighted by molar-refractivity contribution is 5.79. The summed E-state index contributed by atoms with van der Waals surface area (Å²) in [5.41, 5.74) is 2.31. The maximum absolute atomic E-state index is 4.60. The molecule has 0 radical (unpaired) electrons. The third-order valence-electron chi connectivity index (χ3n) is 3.27. The molecular formula is C17H17N3. The molecule has 0 saturated carbocycles. The SMILES string of the molecule is c1cncc(CCCNc2ccc3ccccc3n2)c1. The van der Waals surface area contributed by atoms with Crippen LogP contribution in [0, 0.1) is 0 Å². The smallest absolute Gasteiger partial charge is 0.126 e. The topological polar surface area (TPSA) is 37.8 Å². The quantitative estimate of drug-likeness (QED) is 0.714. The van der Waals surface area contributed by atoms with Crippen molar-refractivity contribution in [1.29, 1.82) is 0 Å². The van der Waals surface area contributed by atoms with Gasteiger partial charge in [0.2, 0.25) is 0 Å². The number of anilines is 1. The van der Waals surface area contributed by atoms with Crippen molar-refractivity contribution in [2.75, 3.05) is 11.9 Å². The van der Waals surface area contributed by atoms with Gasteiger partial charge in [0.05, 0.1) is 5.52 Å². The fourth-order valence-electron chi connectivity index (χ4n) is 2.22. The number of aromatic nitrogens is 2.